The Hall–Kier alpha value is -2.49. The molecule has 0 spiro atoms. The molecule has 1 heterocycles. The lowest BCUT2D eigenvalue weighted by Crippen LogP contribution is -2.50. The molecule has 154 valence electrons. The number of halogens is 1. The predicted molar refractivity (Wildman–Crippen MR) is 109 cm³/mol. The highest BCUT2D eigenvalue weighted by molar-refractivity contribution is 7.89. The van der Waals surface area contributed by atoms with Crippen LogP contribution in [0.4, 0.5) is 5.69 Å². The maximum absolute atomic E-state index is 13.0. The van der Waals surface area contributed by atoms with Crippen molar-refractivity contribution in [3.63, 3.8) is 0 Å². The third kappa shape index (κ3) is 4.26. The molecule has 0 atom stereocenters. The van der Waals surface area contributed by atoms with Crippen molar-refractivity contribution in [3.05, 3.63) is 68.2 Å². The van der Waals surface area contributed by atoms with E-state index in [0.29, 0.717) is 5.56 Å². The van der Waals surface area contributed by atoms with E-state index < -0.39 is 20.9 Å². The number of piperazine rings is 1. The van der Waals surface area contributed by atoms with Gasteiger partial charge < -0.3 is 4.90 Å². The first-order valence-electron chi connectivity index (χ1n) is 8.92. The van der Waals surface area contributed by atoms with E-state index in [4.69, 9.17) is 11.6 Å². The number of amides is 1. The standard InChI is InChI=1S/C19H20ClN3O5S/c1-13-3-6-18(14(2)11-13)29(27,28)22-9-7-21(8-10-22)19(24)16-12-15(23(25)26)4-5-17(16)20/h3-6,11-12H,7-10H2,1-2H3. The number of nitro benzene ring substituents is 1. The summed E-state index contributed by atoms with van der Waals surface area (Å²) in [6.45, 7) is 4.25. The van der Waals surface area contributed by atoms with E-state index in [1.54, 1.807) is 19.1 Å². The second-order valence-corrected chi connectivity index (χ2v) is 9.20. The van der Waals surface area contributed by atoms with Gasteiger partial charge in [0.25, 0.3) is 11.6 Å². The van der Waals surface area contributed by atoms with Gasteiger partial charge in [0.2, 0.25) is 10.0 Å². The van der Waals surface area contributed by atoms with Crippen LogP contribution in [0, 0.1) is 24.0 Å². The number of rotatable bonds is 4. The Bertz CT molecular complexity index is 1080. The van der Waals surface area contributed by atoms with Crippen molar-refractivity contribution in [1.82, 2.24) is 9.21 Å². The summed E-state index contributed by atoms with van der Waals surface area (Å²) in [7, 11) is -3.67. The maximum atomic E-state index is 13.0. The molecular formula is C19H20ClN3O5S. The second-order valence-electron chi connectivity index (χ2n) is 6.89. The molecule has 1 fully saturated rings. The number of benzene rings is 2. The Kier molecular flexibility index (Phi) is 5.92. The average molecular weight is 438 g/mol. The monoisotopic (exact) mass is 437 g/mol. The Morgan fingerprint density at radius 1 is 1.07 bits per heavy atom. The molecule has 10 heteroatoms. The van der Waals surface area contributed by atoms with E-state index in [9.17, 15) is 23.3 Å². The van der Waals surface area contributed by atoms with Crippen molar-refractivity contribution < 1.29 is 18.1 Å². The number of nitro groups is 1. The van der Waals surface area contributed by atoms with Crippen LogP contribution in [-0.2, 0) is 10.0 Å². The van der Waals surface area contributed by atoms with Crippen LogP contribution < -0.4 is 0 Å². The summed E-state index contributed by atoms with van der Waals surface area (Å²) in [5, 5.41) is 11.1. The quantitative estimate of drug-likeness (QED) is 0.540. The summed E-state index contributed by atoms with van der Waals surface area (Å²) < 4.78 is 27.3. The fourth-order valence-electron chi connectivity index (χ4n) is 3.32. The molecular weight excluding hydrogens is 418 g/mol. The van der Waals surface area contributed by atoms with Crippen LogP contribution in [0.1, 0.15) is 21.5 Å². The van der Waals surface area contributed by atoms with Crippen molar-refractivity contribution in [2.24, 2.45) is 0 Å². The topological polar surface area (TPSA) is 101 Å². The highest BCUT2D eigenvalue weighted by atomic mass is 35.5. The summed E-state index contributed by atoms with van der Waals surface area (Å²) in [6, 6.07) is 8.85. The number of nitrogens with zero attached hydrogens (tertiary/aromatic N) is 3. The van der Waals surface area contributed by atoms with Gasteiger partial charge in [-0.2, -0.15) is 4.31 Å². The van der Waals surface area contributed by atoms with Crippen LogP contribution in [0.5, 0.6) is 0 Å². The number of aryl methyl sites for hydroxylation is 2. The first-order chi connectivity index (χ1) is 13.6. The van der Waals surface area contributed by atoms with Crippen molar-refractivity contribution in [3.8, 4) is 0 Å². The van der Waals surface area contributed by atoms with Gasteiger partial charge in [0.05, 0.1) is 20.4 Å². The molecule has 0 saturated carbocycles. The number of carbonyl (C=O) groups excluding carboxylic acids is 1. The van der Waals surface area contributed by atoms with E-state index in [2.05, 4.69) is 0 Å². The van der Waals surface area contributed by atoms with Gasteiger partial charge in [0.15, 0.2) is 0 Å². The zero-order valence-corrected chi connectivity index (χ0v) is 17.5. The summed E-state index contributed by atoms with van der Waals surface area (Å²) >= 11 is 6.05. The summed E-state index contributed by atoms with van der Waals surface area (Å²) in [4.78, 5) is 24.8. The zero-order chi connectivity index (χ0) is 21.3. The smallest absolute Gasteiger partial charge is 0.270 e. The molecule has 2 aromatic rings. The van der Waals surface area contributed by atoms with Crippen LogP contribution in [0.2, 0.25) is 5.02 Å². The van der Waals surface area contributed by atoms with Gasteiger partial charge in [-0.3, -0.25) is 14.9 Å². The van der Waals surface area contributed by atoms with Gasteiger partial charge in [0.1, 0.15) is 0 Å². The van der Waals surface area contributed by atoms with E-state index >= 15 is 0 Å². The van der Waals surface area contributed by atoms with Crippen molar-refractivity contribution in [1.29, 1.82) is 0 Å². The average Bonchev–Trinajstić information content (AvgIpc) is 2.67. The van der Waals surface area contributed by atoms with Crippen molar-refractivity contribution >= 4 is 33.2 Å². The number of hydrogen-bond acceptors (Lipinski definition) is 5. The van der Waals surface area contributed by atoms with E-state index in [0.717, 1.165) is 11.6 Å². The fourth-order valence-corrected chi connectivity index (χ4v) is 5.15. The lowest BCUT2D eigenvalue weighted by atomic mass is 10.1. The van der Waals surface area contributed by atoms with Gasteiger partial charge in [-0.05, 0) is 31.5 Å². The Morgan fingerprint density at radius 2 is 1.72 bits per heavy atom. The molecule has 1 amide bonds. The molecule has 29 heavy (non-hydrogen) atoms. The number of hydrogen-bond donors (Lipinski definition) is 0. The van der Waals surface area contributed by atoms with Gasteiger partial charge in [-0.25, -0.2) is 8.42 Å². The second kappa shape index (κ2) is 8.10. The summed E-state index contributed by atoms with van der Waals surface area (Å²) in [5.41, 5.74) is 1.46. The van der Waals surface area contributed by atoms with Gasteiger partial charge >= 0.3 is 0 Å². The molecule has 0 aliphatic carbocycles. The van der Waals surface area contributed by atoms with E-state index in [1.807, 2.05) is 13.0 Å². The van der Waals surface area contributed by atoms with Crippen LogP contribution in [0.25, 0.3) is 0 Å². The number of carbonyl (C=O) groups is 1. The van der Waals surface area contributed by atoms with Crippen molar-refractivity contribution in [2.45, 2.75) is 18.7 Å². The minimum atomic E-state index is -3.67. The third-order valence-corrected chi connectivity index (χ3v) is 7.25. The van der Waals surface area contributed by atoms with E-state index in [-0.39, 0.29) is 47.3 Å². The van der Waals surface area contributed by atoms with Crippen LogP contribution >= 0.6 is 11.6 Å². The molecule has 0 N–H and O–H groups in total. The molecule has 1 aliphatic rings. The minimum absolute atomic E-state index is 0.0338. The van der Waals surface area contributed by atoms with E-state index in [1.165, 1.54) is 21.3 Å². The maximum Gasteiger partial charge on any atom is 0.270 e. The molecule has 0 unspecified atom stereocenters. The molecule has 8 nitrogen and oxygen atoms in total. The molecule has 2 aromatic carbocycles. The number of non-ortho nitro benzene ring substituents is 1. The van der Waals surface area contributed by atoms with Gasteiger partial charge in [-0.1, -0.05) is 29.3 Å². The van der Waals surface area contributed by atoms with Gasteiger partial charge in [0, 0.05) is 38.3 Å². The predicted octanol–water partition coefficient (Wildman–Crippen LogP) is 3.01. The molecule has 0 radical (unpaired) electrons. The largest absolute Gasteiger partial charge is 0.336 e. The molecule has 0 bridgehead atoms. The normalized spacial score (nSPS) is 15.3. The zero-order valence-electron chi connectivity index (χ0n) is 16.0. The molecule has 0 aromatic heterocycles. The first kappa shape index (κ1) is 21.2. The Morgan fingerprint density at radius 3 is 2.31 bits per heavy atom. The SMILES string of the molecule is Cc1ccc(S(=O)(=O)N2CCN(C(=O)c3cc([N+](=O)[O-])ccc3Cl)CC2)c(C)c1. The molecule has 1 saturated heterocycles. The highest BCUT2D eigenvalue weighted by Gasteiger charge is 2.32. The summed E-state index contributed by atoms with van der Waals surface area (Å²) in [5.74, 6) is -0.456. The lowest BCUT2D eigenvalue weighted by molar-refractivity contribution is -0.384. The van der Waals surface area contributed by atoms with Crippen LogP contribution in [-0.4, -0.2) is 54.6 Å². The Labute approximate surface area is 173 Å². The Balaban J connectivity index is 1.76. The summed E-state index contributed by atoms with van der Waals surface area (Å²) in [6.07, 6.45) is 0. The van der Waals surface area contributed by atoms with Crippen LogP contribution in [0.3, 0.4) is 0 Å². The van der Waals surface area contributed by atoms with Crippen LogP contribution in [0.15, 0.2) is 41.3 Å². The molecule has 1 aliphatic heterocycles. The number of sulfonamides is 1. The first-order valence-corrected chi connectivity index (χ1v) is 10.7. The highest BCUT2D eigenvalue weighted by Crippen LogP contribution is 2.26. The molecule has 3 rings (SSSR count). The van der Waals surface area contributed by atoms with Gasteiger partial charge in [-0.15, -0.1) is 0 Å². The minimum Gasteiger partial charge on any atom is -0.336 e. The third-order valence-electron chi connectivity index (χ3n) is 4.87. The lowest BCUT2D eigenvalue weighted by Gasteiger charge is -2.34. The van der Waals surface area contributed by atoms with Crippen molar-refractivity contribution in [2.75, 3.05) is 26.2 Å². The fraction of sp³-hybridized carbons (Fsp3) is 0.316.